The van der Waals surface area contributed by atoms with Gasteiger partial charge in [-0.05, 0) is 33.0 Å². The molecule has 0 radical (unpaired) electrons. The molecule has 0 fully saturated rings. The maximum atomic E-state index is 13.7. The molecule has 0 aliphatic rings. The van der Waals surface area contributed by atoms with Crippen LogP contribution >= 0.6 is 11.3 Å². The number of thiazole rings is 1. The van der Waals surface area contributed by atoms with Crippen molar-refractivity contribution in [1.29, 1.82) is 0 Å². The third-order valence-electron chi connectivity index (χ3n) is 2.84. The van der Waals surface area contributed by atoms with Crippen LogP contribution in [-0.2, 0) is 0 Å². The molecule has 5 heteroatoms. The van der Waals surface area contributed by atoms with E-state index in [1.807, 2.05) is 20.9 Å². The van der Waals surface area contributed by atoms with E-state index in [-0.39, 0.29) is 11.6 Å². The van der Waals surface area contributed by atoms with E-state index in [0.29, 0.717) is 5.01 Å². The van der Waals surface area contributed by atoms with Gasteiger partial charge in [0.15, 0.2) is 0 Å². The highest BCUT2D eigenvalue weighted by Gasteiger charge is 2.18. The molecule has 0 spiro atoms. The lowest BCUT2D eigenvalue weighted by molar-refractivity contribution is 0.589. The van der Waals surface area contributed by atoms with Crippen molar-refractivity contribution in [1.82, 2.24) is 10.3 Å². The van der Waals surface area contributed by atoms with Crippen molar-refractivity contribution in [3.05, 3.63) is 40.4 Å². The zero-order valence-corrected chi connectivity index (χ0v) is 11.2. The van der Waals surface area contributed by atoms with Gasteiger partial charge >= 0.3 is 0 Å². The standard InChI is InChI=1S/C13H14F2N2S/c1-7(16-3)12-8(2)17-13(18-12)11-9(14)5-4-6-10(11)15/h4-7,16H,1-3H3. The predicted molar refractivity (Wildman–Crippen MR) is 69.7 cm³/mol. The van der Waals surface area contributed by atoms with Crippen LogP contribution < -0.4 is 5.32 Å². The molecule has 0 saturated carbocycles. The largest absolute Gasteiger partial charge is 0.312 e. The Hall–Kier alpha value is -1.33. The molecule has 2 nitrogen and oxygen atoms in total. The maximum absolute atomic E-state index is 13.7. The fraction of sp³-hybridized carbons (Fsp3) is 0.308. The minimum Gasteiger partial charge on any atom is -0.312 e. The van der Waals surface area contributed by atoms with Crippen molar-refractivity contribution in [2.75, 3.05) is 7.05 Å². The van der Waals surface area contributed by atoms with Crippen LogP contribution in [0, 0.1) is 18.6 Å². The predicted octanol–water partition coefficient (Wildman–Crippen LogP) is 3.68. The normalized spacial score (nSPS) is 12.7. The summed E-state index contributed by atoms with van der Waals surface area (Å²) < 4.78 is 27.3. The molecule has 0 aliphatic carbocycles. The van der Waals surface area contributed by atoms with Crippen LogP contribution in [0.5, 0.6) is 0 Å². The van der Waals surface area contributed by atoms with Gasteiger partial charge in [0.05, 0.1) is 11.3 Å². The first-order valence-corrected chi connectivity index (χ1v) is 6.45. The Morgan fingerprint density at radius 1 is 1.28 bits per heavy atom. The number of rotatable bonds is 3. The van der Waals surface area contributed by atoms with E-state index < -0.39 is 11.6 Å². The highest BCUT2D eigenvalue weighted by atomic mass is 32.1. The molecule has 1 atom stereocenters. The summed E-state index contributed by atoms with van der Waals surface area (Å²) in [5.41, 5.74) is 0.764. The van der Waals surface area contributed by atoms with Gasteiger partial charge in [0, 0.05) is 10.9 Å². The number of hydrogen-bond donors (Lipinski definition) is 1. The number of aryl methyl sites for hydroxylation is 1. The highest BCUT2D eigenvalue weighted by Crippen LogP contribution is 2.34. The molecule has 1 heterocycles. The molecule has 1 aromatic carbocycles. The molecule has 2 aromatic rings. The number of halogens is 2. The van der Waals surface area contributed by atoms with E-state index in [1.165, 1.54) is 29.5 Å². The van der Waals surface area contributed by atoms with Crippen LogP contribution in [0.15, 0.2) is 18.2 Å². The number of hydrogen-bond acceptors (Lipinski definition) is 3. The summed E-state index contributed by atoms with van der Waals surface area (Å²) >= 11 is 1.32. The quantitative estimate of drug-likeness (QED) is 0.918. The Kier molecular flexibility index (Phi) is 3.73. The molecule has 2 rings (SSSR count). The molecular weight excluding hydrogens is 254 g/mol. The summed E-state index contributed by atoms with van der Waals surface area (Å²) in [5, 5.41) is 3.49. The molecular formula is C13H14F2N2S. The fourth-order valence-corrected chi connectivity index (χ4v) is 2.93. The first-order chi connectivity index (χ1) is 8.54. The minimum atomic E-state index is -0.576. The smallest absolute Gasteiger partial charge is 0.136 e. The van der Waals surface area contributed by atoms with Crippen LogP contribution in [0.4, 0.5) is 8.78 Å². The van der Waals surface area contributed by atoms with Gasteiger partial charge < -0.3 is 5.32 Å². The van der Waals surface area contributed by atoms with Crippen molar-refractivity contribution < 1.29 is 8.78 Å². The maximum Gasteiger partial charge on any atom is 0.136 e. The Morgan fingerprint density at radius 3 is 2.44 bits per heavy atom. The molecule has 0 aliphatic heterocycles. The van der Waals surface area contributed by atoms with Crippen molar-refractivity contribution in [2.24, 2.45) is 0 Å². The summed E-state index contributed by atoms with van der Waals surface area (Å²) in [4.78, 5) is 5.27. The number of benzene rings is 1. The van der Waals surface area contributed by atoms with Crippen LogP contribution in [0.1, 0.15) is 23.5 Å². The number of nitrogens with one attached hydrogen (secondary N) is 1. The first-order valence-electron chi connectivity index (χ1n) is 5.63. The third kappa shape index (κ3) is 2.28. The van der Waals surface area contributed by atoms with E-state index in [0.717, 1.165) is 10.6 Å². The van der Waals surface area contributed by atoms with Gasteiger partial charge in [-0.2, -0.15) is 0 Å². The van der Waals surface area contributed by atoms with Crippen LogP contribution in [-0.4, -0.2) is 12.0 Å². The molecule has 1 N–H and O–H groups in total. The van der Waals surface area contributed by atoms with E-state index in [2.05, 4.69) is 10.3 Å². The number of aromatic nitrogens is 1. The van der Waals surface area contributed by atoms with Crippen molar-refractivity contribution in [3.63, 3.8) is 0 Å². The van der Waals surface area contributed by atoms with Gasteiger partial charge in [-0.3, -0.25) is 0 Å². The zero-order chi connectivity index (χ0) is 13.3. The van der Waals surface area contributed by atoms with Gasteiger partial charge in [0.25, 0.3) is 0 Å². The summed E-state index contributed by atoms with van der Waals surface area (Å²) in [5.74, 6) is -1.15. The summed E-state index contributed by atoms with van der Waals surface area (Å²) in [6, 6.07) is 3.96. The highest BCUT2D eigenvalue weighted by molar-refractivity contribution is 7.15. The number of nitrogens with zero attached hydrogens (tertiary/aromatic N) is 1. The third-order valence-corrected chi connectivity index (χ3v) is 4.19. The van der Waals surface area contributed by atoms with Crippen LogP contribution in [0.3, 0.4) is 0 Å². The summed E-state index contributed by atoms with van der Waals surface area (Å²) in [6.45, 7) is 3.84. The van der Waals surface area contributed by atoms with E-state index >= 15 is 0 Å². The monoisotopic (exact) mass is 268 g/mol. The van der Waals surface area contributed by atoms with Crippen molar-refractivity contribution in [3.8, 4) is 10.6 Å². The second-order valence-electron chi connectivity index (χ2n) is 4.08. The second kappa shape index (κ2) is 5.12. The van der Waals surface area contributed by atoms with E-state index in [4.69, 9.17) is 0 Å². The summed E-state index contributed by atoms with van der Waals surface area (Å²) in [6.07, 6.45) is 0. The molecule has 0 saturated heterocycles. The van der Waals surface area contributed by atoms with Gasteiger partial charge in [-0.25, -0.2) is 13.8 Å². The van der Waals surface area contributed by atoms with Crippen molar-refractivity contribution in [2.45, 2.75) is 19.9 Å². The Balaban J connectivity index is 2.53. The SMILES string of the molecule is CNC(C)c1sc(-c2c(F)cccc2F)nc1C. The van der Waals surface area contributed by atoms with Crippen LogP contribution in [0.2, 0.25) is 0 Å². The van der Waals surface area contributed by atoms with E-state index in [9.17, 15) is 8.78 Å². The topological polar surface area (TPSA) is 24.9 Å². The molecule has 1 aromatic heterocycles. The Labute approximate surface area is 109 Å². The molecule has 0 amide bonds. The molecule has 0 bridgehead atoms. The van der Waals surface area contributed by atoms with Gasteiger partial charge in [0.2, 0.25) is 0 Å². The lowest BCUT2D eigenvalue weighted by Gasteiger charge is -2.07. The molecule has 96 valence electrons. The van der Waals surface area contributed by atoms with E-state index in [1.54, 1.807) is 0 Å². The molecule has 1 unspecified atom stereocenters. The fourth-order valence-electron chi connectivity index (χ4n) is 1.75. The van der Waals surface area contributed by atoms with Gasteiger partial charge in [-0.15, -0.1) is 11.3 Å². The summed E-state index contributed by atoms with van der Waals surface area (Å²) in [7, 11) is 1.84. The second-order valence-corrected chi connectivity index (χ2v) is 5.11. The Bertz CT molecular complexity index is 546. The van der Waals surface area contributed by atoms with Crippen LogP contribution in [0.25, 0.3) is 10.6 Å². The Morgan fingerprint density at radius 2 is 1.89 bits per heavy atom. The average Bonchev–Trinajstić information content (AvgIpc) is 2.70. The minimum absolute atomic E-state index is 0.0415. The van der Waals surface area contributed by atoms with Gasteiger partial charge in [0.1, 0.15) is 16.6 Å². The van der Waals surface area contributed by atoms with Gasteiger partial charge in [-0.1, -0.05) is 6.07 Å². The van der Waals surface area contributed by atoms with Crippen molar-refractivity contribution >= 4 is 11.3 Å². The first kappa shape index (κ1) is 13.1. The average molecular weight is 268 g/mol. The lowest BCUT2D eigenvalue weighted by Crippen LogP contribution is -2.11. The zero-order valence-electron chi connectivity index (χ0n) is 10.4. The molecule has 18 heavy (non-hydrogen) atoms. The lowest BCUT2D eigenvalue weighted by atomic mass is 10.2.